The second-order valence-electron chi connectivity index (χ2n) is 34.0. The van der Waals surface area contributed by atoms with Gasteiger partial charge in [0, 0.05) is 127 Å². The first-order valence-electron chi connectivity index (χ1n) is 43.7. The minimum Gasteiger partial charge on any atom is -0.497 e. The number of nitrogens with one attached hydrogen (secondary N) is 9. The molecule has 0 radical (unpaired) electrons. The normalized spacial score (nSPS) is 24.2. The van der Waals surface area contributed by atoms with E-state index in [0.29, 0.717) is 70.2 Å². The summed E-state index contributed by atoms with van der Waals surface area (Å²) in [4.78, 5) is 217. The van der Waals surface area contributed by atoms with Crippen molar-refractivity contribution in [2.75, 3.05) is 107 Å². The third-order valence-electron chi connectivity index (χ3n) is 23.9. The van der Waals surface area contributed by atoms with Crippen LogP contribution in [0.2, 0.25) is 0 Å². The first-order valence-corrected chi connectivity index (χ1v) is 43.7. The number of aromatic nitrogens is 1. The third-order valence-corrected chi connectivity index (χ3v) is 23.9. The smallest absolute Gasteiger partial charge is 0.497 e. The van der Waals surface area contributed by atoms with Crippen LogP contribution in [-0.4, -0.2) is 289 Å². The van der Waals surface area contributed by atoms with Crippen LogP contribution in [0.4, 0.5) is 17.6 Å². The van der Waals surface area contributed by atoms with Crippen LogP contribution in [0.15, 0.2) is 109 Å². The number of hydrogen-bond acceptors (Lipinski definition) is 20. The molecule has 1 aromatic heterocycles. The van der Waals surface area contributed by atoms with Gasteiger partial charge in [-0.25, -0.2) is 9.18 Å². The molecular weight excluding hydrogens is 1690 g/mol. The summed E-state index contributed by atoms with van der Waals surface area (Å²) in [7, 11) is 3.93. The molecule has 14 bridgehead atoms. The number of nitrogens with zero attached hydrogens (tertiary/aromatic N) is 6. The standard InChI is InChI=1S/C90H115F4N15O20/c1-56(110)80-84(120)101-67(45-58-21-24-64(125-5)25-22-58)86(122)108-37-13-32-89(108,2)87(123)95-33-29-57-17-19-59(20-18-57)52-105-35-10-7-6-9-34-104-53-62(65-48-63(91)23-26-71(65)104)47-68-85(121)107-38-30-73(72(107)49-76(113)103-80)128-55-77(114)96-50-61-15-12-14-60(44-61)46-66(81(117)100-68)99-82(118)69-51-97-74(111)16-8-11-36-106(54-70(83(119)102-69)98-75(112)27-28-78(105)115)79(116)31-40-126-42-43-127-41-39-109(3,4)129-88(124)90(92,93)94/h6,9,12,14-15,17-26,44,48,53,56,66-70,72-73,80,110H,7-8,10-11,13,16,27-43,45-47,49-52,54-55H2,1-5H3,(H8-,95,96,97,98,99,100,101,102,103,111,112,113,114,117,118,119,120,123)/p+1/t56-,66+,67+,68+,69-,70+,72-,73+,80+,89+/m1/s1. The van der Waals surface area contributed by atoms with E-state index in [9.17, 15) is 51.8 Å². The van der Waals surface area contributed by atoms with Gasteiger partial charge in [-0.2, -0.15) is 13.2 Å². The fourth-order valence-corrected chi connectivity index (χ4v) is 16.7. The maximum atomic E-state index is 16.3. The van der Waals surface area contributed by atoms with E-state index in [1.165, 1.54) is 55.0 Å². The molecule has 10 atom stereocenters. The van der Waals surface area contributed by atoms with Gasteiger partial charge in [-0.15, -0.1) is 4.65 Å². The van der Waals surface area contributed by atoms with Crippen molar-refractivity contribution in [3.8, 4) is 5.75 Å². The second kappa shape index (κ2) is 45.4. The van der Waals surface area contributed by atoms with Gasteiger partial charge in [0.05, 0.1) is 58.2 Å². The van der Waals surface area contributed by atoms with Gasteiger partial charge in [0.25, 0.3) is 0 Å². The number of alkyl halides is 3. The van der Waals surface area contributed by atoms with Crippen LogP contribution in [0.3, 0.4) is 0 Å². The third kappa shape index (κ3) is 27.6. The maximum absolute atomic E-state index is 16.3. The van der Waals surface area contributed by atoms with E-state index in [1.807, 2.05) is 41.0 Å². The Hall–Kier alpha value is -11.9. The number of halogens is 4. The van der Waals surface area contributed by atoms with Crippen LogP contribution in [0.5, 0.6) is 5.75 Å². The Bertz CT molecular complexity index is 4900. The van der Waals surface area contributed by atoms with E-state index in [2.05, 4.69) is 52.7 Å². The van der Waals surface area contributed by atoms with Gasteiger partial charge in [-0.05, 0) is 129 Å². The van der Waals surface area contributed by atoms with Crippen LogP contribution >= 0.6 is 0 Å². The lowest BCUT2D eigenvalue weighted by molar-refractivity contribution is -1.06. The van der Waals surface area contributed by atoms with Crippen molar-refractivity contribution in [3.63, 3.8) is 0 Å². The summed E-state index contributed by atoms with van der Waals surface area (Å²) in [5, 5.41) is 36.9. The summed E-state index contributed by atoms with van der Waals surface area (Å²) in [5.74, 6) is -12.8. The first kappa shape index (κ1) is 97.7. The molecule has 35 nitrogen and oxygen atoms in total. The fourth-order valence-electron chi connectivity index (χ4n) is 16.7. The number of benzene rings is 4. The van der Waals surface area contributed by atoms with Crippen LogP contribution in [0, 0.1) is 5.82 Å². The number of methoxy groups -OCH3 is 1. The van der Waals surface area contributed by atoms with E-state index in [4.69, 9.17) is 18.9 Å². The molecule has 5 aromatic rings. The highest BCUT2D eigenvalue weighted by molar-refractivity contribution is 5.99. The van der Waals surface area contributed by atoms with Gasteiger partial charge in [-0.3, -0.25) is 67.2 Å². The Balaban J connectivity index is 0.978. The van der Waals surface area contributed by atoms with Gasteiger partial charge in [0.1, 0.15) is 80.6 Å². The van der Waals surface area contributed by atoms with Crippen LogP contribution < -0.4 is 52.6 Å². The van der Waals surface area contributed by atoms with E-state index >= 15 is 38.0 Å². The topological polar surface area (TPSA) is 432 Å². The van der Waals surface area contributed by atoms with Crippen molar-refractivity contribution in [1.29, 1.82) is 0 Å². The predicted molar refractivity (Wildman–Crippen MR) is 456 cm³/mol. The Morgan fingerprint density at radius 3 is 2.12 bits per heavy atom. The van der Waals surface area contributed by atoms with Gasteiger partial charge in [0.2, 0.25) is 76.8 Å². The van der Waals surface area contributed by atoms with E-state index in [1.54, 1.807) is 72.6 Å². The van der Waals surface area contributed by atoms with Crippen LogP contribution in [-0.2, 0) is 131 Å². The second-order valence-corrected chi connectivity index (χ2v) is 34.0. The van der Waals surface area contributed by atoms with Crippen LogP contribution in [0.1, 0.15) is 124 Å². The summed E-state index contributed by atoms with van der Waals surface area (Å²) in [6.07, 6.45) is -3.49. The summed E-state index contributed by atoms with van der Waals surface area (Å²) in [5.41, 5.74) is 2.33. The van der Waals surface area contributed by atoms with Crippen molar-refractivity contribution in [2.45, 2.75) is 202 Å². The Morgan fingerprint density at radius 1 is 0.651 bits per heavy atom. The molecule has 698 valence electrons. The summed E-state index contributed by atoms with van der Waals surface area (Å²) in [6.45, 7) is 0.545. The number of quaternary nitrogens is 1. The molecule has 7 aliphatic heterocycles. The summed E-state index contributed by atoms with van der Waals surface area (Å²) >= 11 is 0. The Morgan fingerprint density at radius 2 is 1.37 bits per heavy atom. The lowest BCUT2D eigenvalue weighted by Gasteiger charge is -2.37. The summed E-state index contributed by atoms with van der Waals surface area (Å²) in [6, 6.07) is 13.2. The summed E-state index contributed by atoms with van der Waals surface area (Å²) < 4.78 is 78.7. The Kier molecular flexibility index (Phi) is 34.3. The average molecular weight is 1800 g/mol. The van der Waals surface area contributed by atoms with Gasteiger partial charge >= 0.3 is 12.1 Å². The monoisotopic (exact) mass is 1800 g/mol. The highest BCUT2D eigenvalue weighted by atomic mass is 19.4. The number of amides is 13. The number of aliphatic hydroxyl groups is 1. The zero-order valence-corrected chi connectivity index (χ0v) is 73.1. The number of carbonyl (C=O) groups is 14. The number of ether oxygens (including phenoxy) is 4. The molecule has 3 saturated heterocycles. The SMILES string of the molecule is COc1ccc(C[C@@H]2NC(=O)[C@H]([C@@H](C)O)NC(=O)C[C@@H]3[C@@H]4CCN3C(=O)[C@@H]3Cc5cn(c6ccc(F)cc56)CC=CCCCN(Cc5ccc(cc5)CCNC(=O)[C@]5(C)CCCN5C2=O)C(=O)CCC(=O)N[C@H]2CN(C(=O)CCOCCOCC[N+](C)(C)OC(=O)C(F)(F)F)CCCCC(=O)NC[C@@H](NC2=O)C(=O)N[C@@H](Cc2cccc(c2)CNC(=O)CO4)C(=O)N3)cc1. The molecule has 3 fully saturated rings. The average Bonchev–Trinajstić information content (AvgIpc) is 1.67. The van der Waals surface area contributed by atoms with Crippen molar-refractivity contribution in [2.24, 2.45) is 0 Å². The molecule has 129 heavy (non-hydrogen) atoms. The number of hydrogen-bond donors (Lipinski definition) is 10. The molecule has 4 aromatic carbocycles. The fraction of sp³-hybridized carbons (Fsp3) is 0.533. The van der Waals surface area contributed by atoms with Crippen molar-refractivity contribution in [1.82, 2.24) is 72.0 Å². The van der Waals surface area contributed by atoms with Gasteiger partial charge < -0.3 is 96.1 Å². The lowest BCUT2D eigenvalue weighted by atomic mass is 9.95. The zero-order valence-electron chi connectivity index (χ0n) is 73.1. The molecule has 0 saturated carbocycles. The quantitative estimate of drug-likeness (QED) is 0.0250. The molecule has 0 aliphatic carbocycles. The molecule has 10 N–H and O–H groups in total. The maximum Gasteiger partial charge on any atom is 0.497 e. The predicted octanol–water partition coefficient (Wildman–Crippen LogP) is 1.97. The van der Waals surface area contributed by atoms with Crippen molar-refractivity contribution < 1.29 is 118 Å². The van der Waals surface area contributed by atoms with Gasteiger partial charge in [-0.1, -0.05) is 72.8 Å². The lowest BCUT2D eigenvalue weighted by Crippen LogP contribution is -2.62. The zero-order chi connectivity index (χ0) is 92.7. The minimum atomic E-state index is -5.22. The highest BCUT2D eigenvalue weighted by Gasteiger charge is 2.50. The molecule has 0 unspecified atom stereocenters. The molecule has 12 rings (SSSR count). The van der Waals surface area contributed by atoms with E-state index in [-0.39, 0.29) is 137 Å². The number of likely N-dealkylation sites (N-methyl/N-ethyl adjacent to an activating group) is 1. The number of rotatable bonds is 14. The number of hydroxylamine groups is 3. The van der Waals surface area contributed by atoms with Crippen molar-refractivity contribution >= 4 is 93.7 Å². The first-order chi connectivity index (χ1) is 61.6. The van der Waals surface area contributed by atoms with E-state index in [0.717, 1.165) is 5.56 Å². The van der Waals surface area contributed by atoms with Crippen molar-refractivity contribution in [3.05, 3.63) is 149 Å². The molecule has 0 spiro atoms. The number of fused-ring (bicyclic) bond motifs is 20. The molecule has 8 heterocycles. The minimum absolute atomic E-state index is 0.0248. The molecule has 13 amide bonds. The molecular formula is C90H116F4N15O20+. The molecule has 7 aliphatic rings. The molecule has 39 heteroatoms. The number of carbonyl (C=O) groups excluding carboxylic acids is 14. The highest BCUT2D eigenvalue weighted by Crippen LogP contribution is 2.33. The number of allylic oxidation sites excluding steroid dienone is 2. The largest absolute Gasteiger partial charge is 0.497 e. The van der Waals surface area contributed by atoms with E-state index < -0.39 is 205 Å². The Labute approximate surface area is 744 Å². The van der Waals surface area contributed by atoms with Gasteiger partial charge in [0.15, 0.2) is 0 Å². The van der Waals surface area contributed by atoms with Crippen LogP contribution in [0.25, 0.3) is 10.9 Å². The number of aliphatic hydroxyl groups excluding tert-OH is 1.